The molecule has 2 nitrogen and oxygen atoms in total. The highest BCUT2D eigenvalue weighted by Gasteiger charge is 2.16. The molecule has 5 heteroatoms. The summed E-state index contributed by atoms with van der Waals surface area (Å²) < 4.78 is 41.0. The molecule has 0 aliphatic heterocycles. The minimum atomic E-state index is -0.662. The van der Waals surface area contributed by atoms with Gasteiger partial charge in [0.15, 0.2) is 0 Å². The molecule has 0 spiro atoms. The van der Waals surface area contributed by atoms with Gasteiger partial charge in [0.1, 0.15) is 29.1 Å². The van der Waals surface area contributed by atoms with Crippen molar-refractivity contribution in [2.24, 2.45) is 0 Å². The van der Waals surface area contributed by atoms with Crippen molar-refractivity contribution >= 4 is 5.69 Å². The van der Waals surface area contributed by atoms with Crippen molar-refractivity contribution in [3.63, 3.8) is 0 Å². The molecule has 0 aliphatic carbocycles. The Morgan fingerprint density at radius 1 is 1.10 bits per heavy atom. The number of hydrogen-bond acceptors (Lipinski definition) is 2. The van der Waals surface area contributed by atoms with E-state index in [1.165, 1.54) is 25.1 Å². The van der Waals surface area contributed by atoms with Crippen LogP contribution in [0.15, 0.2) is 30.3 Å². The van der Waals surface area contributed by atoms with E-state index in [0.717, 1.165) is 12.1 Å². The largest absolute Gasteiger partial charge is 0.377 e. The molecule has 0 heterocycles. The fraction of sp³-hybridized carbons (Fsp3) is 0.188. The molecule has 2 aromatic rings. The number of nitriles is 1. The zero-order chi connectivity index (χ0) is 15.6. The zero-order valence-electron chi connectivity index (χ0n) is 11.5. The Balaban J connectivity index is 2.35. The lowest BCUT2D eigenvalue weighted by molar-refractivity contribution is 0.571. The molecule has 0 aromatic heterocycles. The smallest absolute Gasteiger partial charge is 0.143 e. The van der Waals surface area contributed by atoms with Crippen LogP contribution in [0.1, 0.15) is 29.7 Å². The first-order valence-electron chi connectivity index (χ1n) is 6.34. The number of nitrogens with one attached hydrogen (secondary N) is 1. The Kier molecular flexibility index (Phi) is 4.18. The Hall–Kier alpha value is -2.48. The van der Waals surface area contributed by atoms with Gasteiger partial charge >= 0.3 is 0 Å². The molecule has 2 rings (SSSR count). The van der Waals surface area contributed by atoms with Crippen molar-refractivity contribution < 1.29 is 13.2 Å². The topological polar surface area (TPSA) is 35.8 Å². The van der Waals surface area contributed by atoms with Crippen molar-refractivity contribution in [3.05, 3.63) is 64.5 Å². The van der Waals surface area contributed by atoms with Crippen LogP contribution in [-0.4, -0.2) is 0 Å². The highest BCUT2D eigenvalue weighted by Crippen LogP contribution is 2.26. The third kappa shape index (κ3) is 3.00. The van der Waals surface area contributed by atoms with E-state index in [4.69, 9.17) is 5.26 Å². The summed E-state index contributed by atoms with van der Waals surface area (Å²) in [5, 5.41) is 11.8. The molecule has 0 radical (unpaired) electrons. The molecule has 0 fully saturated rings. The van der Waals surface area contributed by atoms with E-state index >= 15 is 0 Å². The average molecular weight is 290 g/mol. The van der Waals surface area contributed by atoms with E-state index in [1.54, 1.807) is 13.0 Å². The lowest BCUT2D eigenvalue weighted by Gasteiger charge is -2.18. The lowest BCUT2D eigenvalue weighted by Crippen LogP contribution is -2.11. The second kappa shape index (κ2) is 5.88. The first-order valence-corrected chi connectivity index (χ1v) is 6.34. The molecule has 0 amide bonds. The molecule has 1 atom stereocenters. The third-order valence-corrected chi connectivity index (χ3v) is 3.24. The molecule has 0 aliphatic rings. The van der Waals surface area contributed by atoms with E-state index in [-0.39, 0.29) is 22.4 Å². The monoisotopic (exact) mass is 290 g/mol. The van der Waals surface area contributed by atoms with Crippen molar-refractivity contribution in [3.8, 4) is 6.07 Å². The van der Waals surface area contributed by atoms with E-state index in [2.05, 4.69) is 5.32 Å². The van der Waals surface area contributed by atoms with E-state index in [1.807, 2.05) is 0 Å². The second-order valence-electron chi connectivity index (χ2n) is 4.76. The van der Waals surface area contributed by atoms with E-state index in [9.17, 15) is 13.2 Å². The maximum absolute atomic E-state index is 13.9. The van der Waals surface area contributed by atoms with Crippen LogP contribution in [0.5, 0.6) is 0 Å². The molecule has 0 bridgehead atoms. The van der Waals surface area contributed by atoms with Crippen LogP contribution in [0.3, 0.4) is 0 Å². The minimum absolute atomic E-state index is 0.117. The van der Waals surface area contributed by atoms with Gasteiger partial charge in [-0.15, -0.1) is 0 Å². The summed E-state index contributed by atoms with van der Waals surface area (Å²) in [6.45, 7) is 3.08. The van der Waals surface area contributed by atoms with Gasteiger partial charge in [-0.2, -0.15) is 5.26 Å². The van der Waals surface area contributed by atoms with Crippen LogP contribution < -0.4 is 5.32 Å². The van der Waals surface area contributed by atoms with Crippen LogP contribution in [0.4, 0.5) is 18.9 Å². The Morgan fingerprint density at radius 3 is 2.48 bits per heavy atom. The average Bonchev–Trinajstić information content (AvgIpc) is 2.43. The van der Waals surface area contributed by atoms with Gasteiger partial charge in [-0.1, -0.05) is 6.07 Å². The van der Waals surface area contributed by atoms with Gasteiger partial charge in [-0.05, 0) is 43.7 Å². The van der Waals surface area contributed by atoms with Crippen molar-refractivity contribution in [2.45, 2.75) is 19.9 Å². The van der Waals surface area contributed by atoms with Gasteiger partial charge in [0.2, 0.25) is 0 Å². The lowest BCUT2D eigenvalue weighted by atomic mass is 10.0. The molecular weight excluding hydrogens is 277 g/mol. The Morgan fingerprint density at radius 2 is 1.81 bits per heavy atom. The fourth-order valence-corrected chi connectivity index (χ4v) is 2.06. The predicted octanol–water partition coefficient (Wildman–Crippen LogP) is 4.46. The number of rotatable bonds is 3. The Bertz CT molecular complexity index is 720. The van der Waals surface area contributed by atoms with Gasteiger partial charge in [0.05, 0.1) is 11.7 Å². The number of aryl methyl sites for hydroxylation is 1. The summed E-state index contributed by atoms with van der Waals surface area (Å²) in [4.78, 5) is 0. The number of benzene rings is 2. The van der Waals surface area contributed by atoms with Crippen molar-refractivity contribution in [2.75, 3.05) is 5.32 Å². The standard InChI is InChI=1S/C16H13F3N2/c1-9-6-15(19)11(7-14(9)18)10(2)21-16-5-3-4-13(17)12(16)8-20/h3-7,10,21H,1-2H3. The molecule has 2 aromatic carbocycles. The van der Waals surface area contributed by atoms with Crippen LogP contribution in [0.2, 0.25) is 0 Å². The van der Waals surface area contributed by atoms with E-state index in [0.29, 0.717) is 0 Å². The van der Waals surface area contributed by atoms with Gasteiger partial charge in [-0.25, -0.2) is 13.2 Å². The molecule has 108 valence electrons. The summed E-state index contributed by atoms with van der Waals surface area (Å²) >= 11 is 0. The number of hydrogen-bond donors (Lipinski definition) is 1. The summed E-state index contributed by atoms with van der Waals surface area (Å²) in [5.41, 5.74) is 0.417. The quantitative estimate of drug-likeness (QED) is 0.906. The molecular formula is C16H13F3N2. The van der Waals surface area contributed by atoms with Gasteiger partial charge in [0.25, 0.3) is 0 Å². The fourth-order valence-electron chi connectivity index (χ4n) is 2.06. The highest BCUT2D eigenvalue weighted by atomic mass is 19.1. The summed E-state index contributed by atoms with van der Waals surface area (Å²) in [6.07, 6.45) is 0. The third-order valence-electron chi connectivity index (χ3n) is 3.24. The van der Waals surface area contributed by atoms with Crippen molar-refractivity contribution in [1.29, 1.82) is 5.26 Å². The summed E-state index contributed by atoms with van der Waals surface area (Å²) in [6, 6.07) is 7.47. The second-order valence-corrected chi connectivity index (χ2v) is 4.76. The SMILES string of the molecule is Cc1cc(F)c(C(C)Nc2cccc(F)c2C#N)cc1F. The number of nitrogens with zero attached hydrogens (tertiary/aromatic N) is 1. The molecule has 0 saturated carbocycles. The van der Waals surface area contributed by atoms with Gasteiger partial charge in [0, 0.05) is 5.56 Å². The predicted molar refractivity (Wildman–Crippen MR) is 74.2 cm³/mol. The maximum atomic E-state index is 13.9. The van der Waals surface area contributed by atoms with E-state index < -0.39 is 23.5 Å². The zero-order valence-corrected chi connectivity index (χ0v) is 11.5. The number of anilines is 1. The van der Waals surface area contributed by atoms with Crippen LogP contribution in [0.25, 0.3) is 0 Å². The maximum Gasteiger partial charge on any atom is 0.143 e. The van der Waals surface area contributed by atoms with Crippen LogP contribution in [0, 0.1) is 35.7 Å². The molecule has 1 unspecified atom stereocenters. The van der Waals surface area contributed by atoms with Gasteiger partial charge < -0.3 is 5.32 Å². The van der Waals surface area contributed by atoms with Gasteiger partial charge in [-0.3, -0.25) is 0 Å². The van der Waals surface area contributed by atoms with Crippen LogP contribution >= 0.6 is 0 Å². The van der Waals surface area contributed by atoms with Crippen molar-refractivity contribution in [1.82, 2.24) is 0 Å². The summed E-state index contributed by atoms with van der Waals surface area (Å²) in [7, 11) is 0. The van der Waals surface area contributed by atoms with Crippen LogP contribution in [-0.2, 0) is 0 Å². The Labute approximate surface area is 120 Å². The highest BCUT2D eigenvalue weighted by molar-refractivity contribution is 5.59. The molecule has 1 N–H and O–H groups in total. The first kappa shape index (κ1) is 14.9. The normalized spacial score (nSPS) is 11.8. The number of halogens is 3. The summed E-state index contributed by atoms with van der Waals surface area (Å²) in [5.74, 6) is -1.73. The minimum Gasteiger partial charge on any atom is -0.377 e. The molecule has 0 saturated heterocycles. The first-order chi connectivity index (χ1) is 9.93. The molecule has 21 heavy (non-hydrogen) atoms.